The SMILES string of the molecule is C[C@@H](NC[C@H]1Cc2ccccc2O1)c1ccc(S(C)(=O)=O)c(F)c1. The van der Waals surface area contributed by atoms with E-state index in [0.29, 0.717) is 12.1 Å². The standard InChI is InChI=1S/C18H20FNO3S/c1-12(13-7-8-18(16(19)10-13)24(2,21)22)20-11-15-9-14-5-3-4-6-17(14)23-15/h3-8,10,12,15,20H,9,11H2,1-2H3/t12-,15-/m1/s1. The lowest BCUT2D eigenvalue weighted by Gasteiger charge is -2.18. The second-order valence-electron chi connectivity index (χ2n) is 6.14. The van der Waals surface area contributed by atoms with Gasteiger partial charge in [0.05, 0.1) is 0 Å². The van der Waals surface area contributed by atoms with Gasteiger partial charge >= 0.3 is 0 Å². The van der Waals surface area contributed by atoms with E-state index in [1.807, 2.05) is 25.1 Å². The van der Waals surface area contributed by atoms with E-state index in [1.165, 1.54) is 17.7 Å². The highest BCUT2D eigenvalue weighted by atomic mass is 32.2. The highest BCUT2D eigenvalue weighted by molar-refractivity contribution is 7.90. The summed E-state index contributed by atoms with van der Waals surface area (Å²) < 4.78 is 42.8. The number of benzene rings is 2. The Morgan fingerprint density at radius 2 is 2.04 bits per heavy atom. The molecule has 2 aromatic rings. The molecule has 4 nitrogen and oxygen atoms in total. The van der Waals surface area contributed by atoms with Gasteiger partial charge in [-0.05, 0) is 36.2 Å². The van der Waals surface area contributed by atoms with E-state index in [0.717, 1.165) is 18.4 Å². The van der Waals surface area contributed by atoms with Crippen LogP contribution in [-0.2, 0) is 16.3 Å². The van der Waals surface area contributed by atoms with E-state index in [2.05, 4.69) is 11.4 Å². The van der Waals surface area contributed by atoms with Crippen molar-refractivity contribution in [1.82, 2.24) is 5.32 Å². The Kier molecular flexibility index (Phi) is 4.60. The topological polar surface area (TPSA) is 55.4 Å². The molecule has 0 saturated heterocycles. The maximum Gasteiger partial charge on any atom is 0.178 e. The maximum atomic E-state index is 14.0. The third-order valence-electron chi connectivity index (χ3n) is 4.22. The molecule has 1 heterocycles. The van der Waals surface area contributed by atoms with Gasteiger partial charge in [-0.1, -0.05) is 24.3 Å². The van der Waals surface area contributed by atoms with Gasteiger partial charge in [-0.15, -0.1) is 0 Å². The summed E-state index contributed by atoms with van der Waals surface area (Å²) in [6.45, 7) is 2.54. The van der Waals surface area contributed by atoms with E-state index in [4.69, 9.17) is 4.74 Å². The molecule has 2 aromatic carbocycles. The van der Waals surface area contributed by atoms with Gasteiger partial charge in [0.1, 0.15) is 22.6 Å². The molecule has 0 unspecified atom stereocenters. The second kappa shape index (κ2) is 6.53. The molecular weight excluding hydrogens is 329 g/mol. The molecular formula is C18H20FNO3S. The van der Waals surface area contributed by atoms with Crippen LogP contribution < -0.4 is 10.1 Å². The summed E-state index contributed by atoms with van der Waals surface area (Å²) in [4.78, 5) is -0.270. The lowest BCUT2D eigenvalue weighted by atomic mass is 10.1. The number of sulfone groups is 1. The lowest BCUT2D eigenvalue weighted by molar-refractivity contribution is 0.222. The van der Waals surface area contributed by atoms with Crippen molar-refractivity contribution in [3.8, 4) is 5.75 Å². The minimum absolute atomic E-state index is 0.0463. The molecule has 0 bridgehead atoms. The largest absolute Gasteiger partial charge is 0.488 e. The van der Waals surface area contributed by atoms with Gasteiger partial charge in [0, 0.05) is 25.3 Å². The fourth-order valence-electron chi connectivity index (χ4n) is 2.88. The van der Waals surface area contributed by atoms with Gasteiger partial charge in [0.25, 0.3) is 0 Å². The molecule has 0 aromatic heterocycles. The Morgan fingerprint density at radius 3 is 2.71 bits per heavy atom. The van der Waals surface area contributed by atoms with Crippen molar-refractivity contribution in [2.24, 2.45) is 0 Å². The highest BCUT2D eigenvalue weighted by Gasteiger charge is 2.23. The maximum absolute atomic E-state index is 14.0. The molecule has 0 fully saturated rings. The molecule has 128 valence electrons. The number of hydrogen-bond donors (Lipinski definition) is 1. The van der Waals surface area contributed by atoms with Gasteiger partial charge in [0.15, 0.2) is 9.84 Å². The number of ether oxygens (including phenoxy) is 1. The molecule has 1 aliphatic rings. The zero-order valence-corrected chi connectivity index (χ0v) is 14.4. The summed E-state index contributed by atoms with van der Waals surface area (Å²) in [5.74, 6) is 0.202. The minimum Gasteiger partial charge on any atom is -0.488 e. The molecule has 0 aliphatic carbocycles. The fourth-order valence-corrected chi connectivity index (χ4v) is 3.61. The van der Waals surface area contributed by atoms with Crippen molar-refractivity contribution < 1.29 is 17.5 Å². The summed E-state index contributed by atoms with van der Waals surface area (Å²) >= 11 is 0. The van der Waals surface area contributed by atoms with Crippen LogP contribution in [0.25, 0.3) is 0 Å². The fraction of sp³-hybridized carbons (Fsp3) is 0.333. The molecule has 3 rings (SSSR count). The highest BCUT2D eigenvalue weighted by Crippen LogP contribution is 2.28. The number of halogens is 1. The Labute approximate surface area is 141 Å². The van der Waals surface area contributed by atoms with Crippen molar-refractivity contribution >= 4 is 9.84 Å². The van der Waals surface area contributed by atoms with Gasteiger partial charge in [-0.25, -0.2) is 12.8 Å². The predicted octanol–water partition coefficient (Wildman–Crippen LogP) is 2.88. The van der Waals surface area contributed by atoms with Gasteiger partial charge < -0.3 is 10.1 Å². The molecule has 0 radical (unpaired) electrons. The third-order valence-corrected chi connectivity index (χ3v) is 5.35. The number of para-hydroxylation sites is 1. The minimum atomic E-state index is -3.55. The zero-order chi connectivity index (χ0) is 17.3. The second-order valence-corrected chi connectivity index (χ2v) is 8.13. The third kappa shape index (κ3) is 3.60. The number of fused-ring (bicyclic) bond motifs is 1. The summed E-state index contributed by atoms with van der Waals surface area (Å²) in [5.41, 5.74) is 1.90. The van der Waals surface area contributed by atoms with Gasteiger partial charge in [-0.2, -0.15) is 0 Å². The normalized spacial score (nSPS) is 18.0. The first-order chi connectivity index (χ1) is 11.3. The van der Waals surface area contributed by atoms with Crippen LogP contribution in [0.5, 0.6) is 5.75 Å². The van der Waals surface area contributed by atoms with E-state index < -0.39 is 15.7 Å². The van der Waals surface area contributed by atoms with Crippen LogP contribution in [0.3, 0.4) is 0 Å². The van der Waals surface area contributed by atoms with Crippen molar-refractivity contribution in [1.29, 1.82) is 0 Å². The molecule has 0 saturated carbocycles. The van der Waals surface area contributed by atoms with Crippen LogP contribution in [0, 0.1) is 5.82 Å². The van der Waals surface area contributed by atoms with E-state index in [9.17, 15) is 12.8 Å². The molecule has 1 aliphatic heterocycles. The summed E-state index contributed by atoms with van der Waals surface area (Å²) in [5, 5.41) is 3.32. The monoisotopic (exact) mass is 349 g/mol. The lowest BCUT2D eigenvalue weighted by Crippen LogP contribution is -2.32. The zero-order valence-electron chi connectivity index (χ0n) is 13.6. The van der Waals surface area contributed by atoms with Crippen LogP contribution in [-0.4, -0.2) is 27.3 Å². The molecule has 0 spiro atoms. The number of rotatable bonds is 5. The van der Waals surface area contributed by atoms with Gasteiger partial charge in [-0.3, -0.25) is 0 Å². The average molecular weight is 349 g/mol. The average Bonchev–Trinajstić information content (AvgIpc) is 2.94. The van der Waals surface area contributed by atoms with Crippen LogP contribution in [0.2, 0.25) is 0 Å². The molecule has 0 amide bonds. The molecule has 2 atom stereocenters. The van der Waals surface area contributed by atoms with Crippen molar-refractivity contribution in [3.63, 3.8) is 0 Å². The Bertz CT molecular complexity index is 826. The van der Waals surface area contributed by atoms with E-state index in [1.54, 1.807) is 6.07 Å². The van der Waals surface area contributed by atoms with Crippen molar-refractivity contribution in [3.05, 3.63) is 59.4 Å². The molecule has 6 heteroatoms. The van der Waals surface area contributed by atoms with Crippen LogP contribution in [0.4, 0.5) is 4.39 Å². The predicted molar refractivity (Wildman–Crippen MR) is 90.5 cm³/mol. The van der Waals surface area contributed by atoms with Crippen LogP contribution >= 0.6 is 0 Å². The summed E-state index contributed by atoms with van der Waals surface area (Å²) in [6, 6.07) is 12.1. The quantitative estimate of drug-likeness (QED) is 0.902. The summed E-state index contributed by atoms with van der Waals surface area (Å²) in [6.07, 6.45) is 1.89. The Hall–Kier alpha value is -1.92. The first-order valence-electron chi connectivity index (χ1n) is 7.82. The molecule has 1 N–H and O–H groups in total. The number of hydrogen-bond acceptors (Lipinski definition) is 4. The van der Waals surface area contributed by atoms with Crippen LogP contribution in [0.1, 0.15) is 24.1 Å². The van der Waals surface area contributed by atoms with E-state index >= 15 is 0 Å². The summed E-state index contributed by atoms with van der Waals surface area (Å²) in [7, 11) is -3.55. The molecule has 24 heavy (non-hydrogen) atoms. The van der Waals surface area contributed by atoms with Crippen molar-refractivity contribution in [2.45, 2.75) is 30.4 Å². The van der Waals surface area contributed by atoms with Gasteiger partial charge in [0.2, 0.25) is 0 Å². The van der Waals surface area contributed by atoms with Crippen molar-refractivity contribution in [2.75, 3.05) is 12.8 Å². The van der Waals surface area contributed by atoms with Crippen LogP contribution in [0.15, 0.2) is 47.4 Å². The van der Waals surface area contributed by atoms with E-state index in [-0.39, 0.29) is 17.0 Å². The Balaban J connectivity index is 1.62. The first-order valence-corrected chi connectivity index (χ1v) is 9.71. The Morgan fingerprint density at radius 1 is 1.29 bits per heavy atom. The first kappa shape index (κ1) is 16.9. The number of nitrogens with one attached hydrogen (secondary N) is 1. The smallest absolute Gasteiger partial charge is 0.178 e.